The summed E-state index contributed by atoms with van der Waals surface area (Å²) >= 11 is 12.0. The molecular formula is C25H20Cl2N4O5S. The lowest BCUT2D eigenvalue weighted by molar-refractivity contribution is -0.137. The first-order chi connectivity index (χ1) is 17.6. The highest BCUT2D eigenvalue weighted by Gasteiger charge is 2.24. The van der Waals surface area contributed by atoms with Gasteiger partial charge in [0.05, 0.1) is 23.2 Å². The van der Waals surface area contributed by atoms with E-state index >= 15 is 0 Å². The van der Waals surface area contributed by atoms with Crippen molar-refractivity contribution in [1.82, 2.24) is 15.3 Å². The van der Waals surface area contributed by atoms with Gasteiger partial charge in [0.15, 0.2) is 0 Å². The van der Waals surface area contributed by atoms with Crippen molar-refractivity contribution >= 4 is 61.8 Å². The molecule has 0 aliphatic carbocycles. The molecule has 3 N–H and O–H groups in total. The number of carboxylic acids is 1. The molecule has 1 heterocycles. The molecule has 3 aromatic carbocycles. The van der Waals surface area contributed by atoms with Crippen molar-refractivity contribution in [3.8, 4) is 0 Å². The summed E-state index contributed by atoms with van der Waals surface area (Å²) in [6, 6.07) is 14.7. The van der Waals surface area contributed by atoms with E-state index in [0.717, 1.165) is 5.56 Å². The lowest BCUT2D eigenvalue weighted by atomic mass is 10.0. The molecule has 1 unspecified atom stereocenters. The van der Waals surface area contributed by atoms with Crippen LogP contribution in [0.3, 0.4) is 0 Å². The van der Waals surface area contributed by atoms with Gasteiger partial charge in [0, 0.05) is 28.5 Å². The molecule has 0 spiro atoms. The zero-order valence-electron chi connectivity index (χ0n) is 19.1. The minimum absolute atomic E-state index is 0.0363. The number of sulfonamides is 1. The van der Waals surface area contributed by atoms with Crippen molar-refractivity contribution in [3.05, 3.63) is 94.2 Å². The molecule has 0 aliphatic rings. The van der Waals surface area contributed by atoms with Crippen molar-refractivity contribution < 1.29 is 23.1 Å². The molecule has 0 fully saturated rings. The fraction of sp³-hybridized carbons (Fsp3) is 0.120. The van der Waals surface area contributed by atoms with Crippen molar-refractivity contribution in [2.24, 2.45) is 0 Å². The van der Waals surface area contributed by atoms with Crippen LogP contribution in [0.4, 0.5) is 5.69 Å². The van der Waals surface area contributed by atoms with E-state index in [-0.39, 0.29) is 39.5 Å². The van der Waals surface area contributed by atoms with Crippen molar-refractivity contribution in [3.63, 3.8) is 0 Å². The van der Waals surface area contributed by atoms with Crippen LogP contribution in [-0.2, 0) is 21.2 Å². The van der Waals surface area contributed by atoms with E-state index in [1.54, 1.807) is 30.3 Å². The monoisotopic (exact) mass is 558 g/mol. The molecule has 0 saturated heterocycles. The lowest BCUT2D eigenvalue weighted by Crippen LogP contribution is -2.38. The zero-order chi connectivity index (χ0) is 26.6. The highest BCUT2D eigenvalue weighted by molar-refractivity contribution is 7.93. The fourth-order valence-corrected chi connectivity index (χ4v) is 5.27. The number of rotatable bonds is 9. The maximum Gasteiger partial charge on any atom is 0.305 e. The van der Waals surface area contributed by atoms with E-state index in [4.69, 9.17) is 23.2 Å². The standard InChI is InChI=1S/C25H20Cl2N4O5S/c26-16-6-4-15(5-7-16)12-18(14-23(32)33)30-25(34)19-9-8-17(27)13-21(19)31-37(35,36)22-3-1-2-20-24(22)29-11-10-28-20/h1-11,13,18,31H,12,14H2,(H,30,34)(H,32,33). The van der Waals surface area contributed by atoms with E-state index in [1.807, 2.05) is 0 Å². The topological polar surface area (TPSA) is 138 Å². The second-order valence-corrected chi connectivity index (χ2v) is 10.6. The first kappa shape index (κ1) is 26.3. The van der Waals surface area contributed by atoms with E-state index in [0.29, 0.717) is 10.5 Å². The average Bonchev–Trinajstić information content (AvgIpc) is 2.84. The Balaban J connectivity index is 1.63. The summed E-state index contributed by atoms with van der Waals surface area (Å²) in [6.07, 6.45) is 2.70. The quantitative estimate of drug-likeness (QED) is 0.274. The van der Waals surface area contributed by atoms with Crippen molar-refractivity contribution in [1.29, 1.82) is 0 Å². The van der Waals surface area contributed by atoms with E-state index < -0.39 is 27.9 Å². The molecule has 0 radical (unpaired) electrons. The number of nitrogens with one attached hydrogen (secondary N) is 2. The second-order valence-electron chi connectivity index (χ2n) is 8.07. The first-order valence-electron chi connectivity index (χ1n) is 10.9. The normalized spacial score (nSPS) is 12.2. The molecular weight excluding hydrogens is 539 g/mol. The summed E-state index contributed by atoms with van der Waals surface area (Å²) < 4.78 is 29.0. The third-order valence-corrected chi connectivity index (χ3v) is 7.26. The number of amides is 1. The molecule has 190 valence electrons. The van der Waals surface area contributed by atoms with E-state index in [1.165, 1.54) is 42.7 Å². The van der Waals surface area contributed by atoms with Gasteiger partial charge >= 0.3 is 5.97 Å². The largest absolute Gasteiger partial charge is 0.481 e. The number of carbonyl (C=O) groups excluding carboxylic acids is 1. The summed E-state index contributed by atoms with van der Waals surface area (Å²) in [5.41, 5.74) is 1.20. The third kappa shape index (κ3) is 6.53. The number of aromatic nitrogens is 2. The fourth-order valence-electron chi connectivity index (χ4n) is 3.73. The molecule has 1 atom stereocenters. The summed E-state index contributed by atoms with van der Waals surface area (Å²) in [5.74, 6) is -1.78. The number of para-hydroxylation sites is 1. The van der Waals surface area contributed by atoms with Crippen LogP contribution >= 0.6 is 23.2 Å². The maximum absolute atomic E-state index is 13.3. The van der Waals surface area contributed by atoms with E-state index in [2.05, 4.69) is 20.0 Å². The number of halogens is 2. The number of fused-ring (bicyclic) bond motifs is 1. The Hall–Kier alpha value is -3.73. The van der Waals surface area contributed by atoms with Crippen LogP contribution in [-0.4, -0.2) is 41.4 Å². The predicted molar refractivity (Wildman–Crippen MR) is 140 cm³/mol. The Kier molecular flexibility index (Phi) is 7.91. The van der Waals surface area contributed by atoms with Gasteiger partial charge in [-0.15, -0.1) is 0 Å². The average molecular weight is 559 g/mol. The molecule has 0 saturated carbocycles. The Morgan fingerprint density at radius 2 is 1.65 bits per heavy atom. The SMILES string of the molecule is O=C(O)CC(Cc1ccc(Cl)cc1)NC(=O)c1ccc(Cl)cc1NS(=O)(=O)c1cccc2nccnc12. The predicted octanol–water partition coefficient (Wildman–Crippen LogP) is 4.55. The minimum atomic E-state index is -4.21. The van der Waals surface area contributed by atoms with Crippen LogP contribution in [0.15, 0.2) is 78.0 Å². The summed E-state index contributed by atoms with van der Waals surface area (Å²) in [5, 5.41) is 12.8. The Morgan fingerprint density at radius 1 is 0.946 bits per heavy atom. The number of carbonyl (C=O) groups is 2. The summed E-state index contributed by atoms with van der Waals surface area (Å²) in [4.78, 5) is 32.8. The van der Waals surface area contributed by atoms with Gasteiger partial charge in [-0.25, -0.2) is 8.42 Å². The molecule has 9 nitrogen and oxygen atoms in total. The Bertz CT molecular complexity index is 1570. The van der Waals surface area contributed by atoms with Crippen molar-refractivity contribution in [2.45, 2.75) is 23.8 Å². The second kappa shape index (κ2) is 11.1. The molecule has 37 heavy (non-hydrogen) atoms. The van der Waals surface area contributed by atoms with Crippen LogP contribution in [0.25, 0.3) is 11.0 Å². The number of carboxylic acid groups (broad SMARTS) is 1. The van der Waals surface area contributed by atoms with E-state index in [9.17, 15) is 23.1 Å². The Labute approximate surface area is 222 Å². The number of aliphatic carboxylic acids is 1. The van der Waals surface area contributed by atoms with Gasteiger partial charge in [-0.05, 0) is 54.4 Å². The van der Waals surface area contributed by atoms with Crippen LogP contribution in [0, 0.1) is 0 Å². The number of hydrogen-bond donors (Lipinski definition) is 3. The molecule has 0 aliphatic heterocycles. The Morgan fingerprint density at radius 3 is 2.38 bits per heavy atom. The molecule has 4 rings (SSSR count). The van der Waals surface area contributed by atoms with Crippen LogP contribution < -0.4 is 10.0 Å². The van der Waals surface area contributed by atoms with Gasteiger partial charge in [-0.1, -0.05) is 41.4 Å². The van der Waals surface area contributed by atoms with Gasteiger partial charge < -0.3 is 10.4 Å². The molecule has 1 amide bonds. The highest BCUT2D eigenvalue weighted by atomic mass is 35.5. The molecule has 4 aromatic rings. The van der Waals surface area contributed by atoms with Gasteiger partial charge in [-0.2, -0.15) is 0 Å². The highest BCUT2D eigenvalue weighted by Crippen LogP contribution is 2.27. The first-order valence-corrected chi connectivity index (χ1v) is 13.2. The van der Waals surface area contributed by atoms with Crippen LogP contribution in [0.5, 0.6) is 0 Å². The zero-order valence-corrected chi connectivity index (χ0v) is 21.4. The summed E-state index contributed by atoms with van der Waals surface area (Å²) in [6.45, 7) is 0. The molecule has 0 bridgehead atoms. The van der Waals surface area contributed by atoms with Crippen LogP contribution in [0.1, 0.15) is 22.3 Å². The maximum atomic E-state index is 13.3. The number of hydrogen-bond acceptors (Lipinski definition) is 6. The minimum Gasteiger partial charge on any atom is -0.481 e. The number of benzene rings is 3. The lowest BCUT2D eigenvalue weighted by Gasteiger charge is -2.19. The number of anilines is 1. The van der Waals surface area contributed by atoms with Gasteiger partial charge in [0.1, 0.15) is 10.4 Å². The van der Waals surface area contributed by atoms with Gasteiger partial charge in [-0.3, -0.25) is 24.3 Å². The van der Waals surface area contributed by atoms with Crippen LogP contribution in [0.2, 0.25) is 10.0 Å². The van der Waals surface area contributed by atoms with Gasteiger partial charge in [0.2, 0.25) is 0 Å². The number of nitrogens with zero attached hydrogens (tertiary/aromatic N) is 2. The van der Waals surface area contributed by atoms with Crippen molar-refractivity contribution in [2.75, 3.05) is 4.72 Å². The summed E-state index contributed by atoms with van der Waals surface area (Å²) in [7, 11) is -4.21. The molecule has 1 aromatic heterocycles. The third-order valence-electron chi connectivity index (χ3n) is 5.37. The molecule has 12 heteroatoms. The smallest absolute Gasteiger partial charge is 0.305 e. The van der Waals surface area contributed by atoms with Gasteiger partial charge in [0.25, 0.3) is 15.9 Å².